The van der Waals surface area contributed by atoms with E-state index in [1.165, 1.54) is 0 Å². The van der Waals surface area contributed by atoms with Gasteiger partial charge in [0.05, 0.1) is 12.2 Å². The Morgan fingerprint density at radius 3 is 2.93 bits per heavy atom. The molecule has 1 saturated carbocycles. The minimum absolute atomic E-state index is 0.437. The van der Waals surface area contributed by atoms with Crippen molar-refractivity contribution in [1.29, 1.82) is 0 Å². The molecule has 4 nitrogen and oxygen atoms in total. The number of carbonyl (C=O) groups is 1. The Hall–Kier alpha value is -0.870. The molecule has 1 aliphatic heterocycles. The highest BCUT2D eigenvalue weighted by atomic mass is 16.7. The first-order valence-electron chi connectivity index (χ1n) is 4.95. The highest BCUT2D eigenvalue weighted by molar-refractivity contribution is 5.87. The van der Waals surface area contributed by atoms with Gasteiger partial charge in [0, 0.05) is 5.57 Å². The summed E-state index contributed by atoms with van der Waals surface area (Å²) in [5, 5.41) is 0. The summed E-state index contributed by atoms with van der Waals surface area (Å²) in [6.45, 7) is 1.73. The number of allylic oxidation sites excluding steroid dienone is 1. The first kappa shape index (κ1) is 9.68. The van der Waals surface area contributed by atoms with Gasteiger partial charge in [0.15, 0.2) is 0 Å². The fraction of sp³-hybridized carbons (Fsp3) is 0.700. The van der Waals surface area contributed by atoms with Gasteiger partial charge in [-0.25, -0.2) is 4.79 Å². The summed E-state index contributed by atoms with van der Waals surface area (Å²) >= 11 is 0. The van der Waals surface area contributed by atoms with E-state index in [0.717, 1.165) is 19.3 Å². The third-order valence-corrected chi connectivity index (χ3v) is 2.96. The first-order valence-corrected chi connectivity index (χ1v) is 4.95. The highest BCUT2D eigenvalue weighted by Gasteiger charge is 2.43. The number of nitrogens with two attached hydrogens (primary N) is 1. The number of epoxide rings is 1. The highest BCUT2D eigenvalue weighted by Crippen LogP contribution is 2.40. The third-order valence-electron chi connectivity index (χ3n) is 2.96. The van der Waals surface area contributed by atoms with Gasteiger partial charge in [0.2, 0.25) is 0 Å². The zero-order chi connectivity index (χ0) is 10.1. The lowest BCUT2D eigenvalue weighted by molar-refractivity contribution is -0.139. The molecule has 0 aromatic heterocycles. The van der Waals surface area contributed by atoms with Crippen LogP contribution in [0, 0.1) is 5.92 Å². The van der Waals surface area contributed by atoms with E-state index in [1.807, 2.05) is 6.08 Å². The van der Waals surface area contributed by atoms with Crippen molar-refractivity contribution < 1.29 is 14.4 Å². The number of rotatable bonds is 2. The van der Waals surface area contributed by atoms with Gasteiger partial charge in [0.25, 0.3) is 0 Å². The summed E-state index contributed by atoms with van der Waals surface area (Å²) in [4.78, 5) is 15.2. The van der Waals surface area contributed by atoms with Crippen molar-refractivity contribution in [2.75, 3.05) is 0 Å². The average Bonchev–Trinajstić information content (AvgIpc) is 2.94. The summed E-state index contributed by atoms with van der Waals surface area (Å²) in [5.74, 6) is 4.80. The SMILES string of the molecule is CC(=CC1CCC2OC2C1)C(=O)ON. The van der Waals surface area contributed by atoms with Crippen LogP contribution in [0.4, 0.5) is 0 Å². The summed E-state index contributed by atoms with van der Waals surface area (Å²) in [7, 11) is 0. The van der Waals surface area contributed by atoms with Gasteiger partial charge in [-0.05, 0) is 32.1 Å². The van der Waals surface area contributed by atoms with Crippen LogP contribution in [-0.4, -0.2) is 18.2 Å². The van der Waals surface area contributed by atoms with Crippen molar-refractivity contribution in [3.8, 4) is 0 Å². The molecule has 78 valence electrons. The predicted molar refractivity (Wildman–Crippen MR) is 50.0 cm³/mol. The van der Waals surface area contributed by atoms with Gasteiger partial charge in [-0.1, -0.05) is 6.08 Å². The molecule has 2 rings (SSSR count). The number of ether oxygens (including phenoxy) is 1. The Bertz CT molecular complexity index is 275. The van der Waals surface area contributed by atoms with Crippen molar-refractivity contribution in [1.82, 2.24) is 0 Å². The molecule has 0 amide bonds. The van der Waals surface area contributed by atoms with Crippen LogP contribution in [0.15, 0.2) is 11.6 Å². The van der Waals surface area contributed by atoms with Gasteiger partial charge in [-0.3, -0.25) is 0 Å². The van der Waals surface area contributed by atoms with Gasteiger partial charge in [-0.2, -0.15) is 5.90 Å². The largest absolute Gasteiger partial charge is 0.370 e. The number of hydrogen-bond acceptors (Lipinski definition) is 4. The zero-order valence-electron chi connectivity index (χ0n) is 8.23. The van der Waals surface area contributed by atoms with Crippen molar-refractivity contribution in [3.05, 3.63) is 11.6 Å². The van der Waals surface area contributed by atoms with Crippen LogP contribution in [0.2, 0.25) is 0 Å². The molecule has 1 aliphatic carbocycles. The minimum Gasteiger partial charge on any atom is -0.370 e. The Morgan fingerprint density at radius 2 is 2.29 bits per heavy atom. The zero-order valence-corrected chi connectivity index (χ0v) is 8.23. The van der Waals surface area contributed by atoms with E-state index >= 15 is 0 Å². The molecule has 1 saturated heterocycles. The second-order valence-corrected chi connectivity index (χ2v) is 4.04. The lowest BCUT2D eigenvalue weighted by Crippen LogP contribution is -2.15. The molecule has 2 N–H and O–H groups in total. The van der Waals surface area contributed by atoms with Crippen LogP contribution in [0.25, 0.3) is 0 Å². The molecule has 0 aromatic carbocycles. The monoisotopic (exact) mass is 197 g/mol. The van der Waals surface area contributed by atoms with Crippen LogP contribution < -0.4 is 5.90 Å². The fourth-order valence-electron chi connectivity index (χ4n) is 2.10. The second kappa shape index (κ2) is 3.71. The number of carbonyl (C=O) groups excluding carboxylic acids is 1. The topological polar surface area (TPSA) is 64.8 Å². The van der Waals surface area contributed by atoms with Crippen molar-refractivity contribution in [3.63, 3.8) is 0 Å². The normalized spacial score (nSPS) is 36.1. The van der Waals surface area contributed by atoms with Crippen molar-refractivity contribution in [2.45, 2.75) is 38.4 Å². The molecule has 3 unspecified atom stereocenters. The molecule has 0 spiro atoms. The predicted octanol–water partition coefficient (Wildman–Crippen LogP) is 0.917. The standard InChI is InChI=1S/C10H15NO3/c1-6(10(12)14-11)4-7-2-3-8-9(5-7)13-8/h4,7-9H,2-3,5,11H2,1H3. The molecule has 2 fully saturated rings. The Labute approximate surface area is 83.0 Å². The number of hydrogen-bond donors (Lipinski definition) is 1. The fourth-order valence-corrected chi connectivity index (χ4v) is 2.10. The van der Waals surface area contributed by atoms with Gasteiger partial charge in [-0.15, -0.1) is 0 Å². The average molecular weight is 197 g/mol. The lowest BCUT2D eigenvalue weighted by Gasteiger charge is -2.15. The molecule has 0 aromatic rings. The summed E-state index contributed by atoms with van der Waals surface area (Å²) in [5.41, 5.74) is 0.594. The van der Waals surface area contributed by atoms with Gasteiger partial charge >= 0.3 is 5.97 Å². The van der Waals surface area contributed by atoms with E-state index < -0.39 is 5.97 Å². The molecular formula is C10H15NO3. The van der Waals surface area contributed by atoms with Crippen molar-refractivity contribution in [2.24, 2.45) is 11.8 Å². The van der Waals surface area contributed by atoms with Crippen LogP contribution in [0.1, 0.15) is 26.2 Å². The lowest BCUT2D eigenvalue weighted by atomic mass is 9.88. The van der Waals surface area contributed by atoms with E-state index in [0.29, 0.717) is 23.7 Å². The van der Waals surface area contributed by atoms with Crippen molar-refractivity contribution >= 4 is 5.97 Å². The minimum atomic E-state index is -0.441. The Morgan fingerprint density at radius 1 is 1.50 bits per heavy atom. The summed E-state index contributed by atoms with van der Waals surface area (Å²) < 4.78 is 5.41. The molecule has 0 radical (unpaired) electrons. The third kappa shape index (κ3) is 1.96. The molecule has 3 atom stereocenters. The molecular weight excluding hydrogens is 182 g/mol. The maximum atomic E-state index is 11.0. The smallest absolute Gasteiger partial charge is 0.351 e. The van der Waals surface area contributed by atoms with Crippen LogP contribution in [-0.2, 0) is 14.4 Å². The molecule has 4 heteroatoms. The van der Waals surface area contributed by atoms with Crippen LogP contribution in [0.3, 0.4) is 0 Å². The Balaban J connectivity index is 1.91. The molecule has 14 heavy (non-hydrogen) atoms. The molecule has 2 aliphatic rings. The maximum absolute atomic E-state index is 11.0. The van der Waals surface area contributed by atoms with E-state index in [9.17, 15) is 4.79 Å². The second-order valence-electron chi connectivity index (χ2n) is 4.04. The van der Waals surface area contributed by atoms with Gasteiger partial charge < -0.3 is 9.57 Å². The summed E-state index contributed by atoms with van der Waals surface area (Å²) in [6.07, 6.45) is 6.12. The van der Waals surface area contributed by atoms with Crippen LogP contribution >= 0.6 is 0 Å². The summed E-state index contributed by atoms with van der Waals surface area (Å²) in [6, 6.07) is 0. The number of fused-ring (bicyclic) bond motifs is 1. The van der Waals surface area contributed by atoms with E-state index in [-0.39, 0.29) is 0 Å². The molecule has 0 bridgehead atoms. The van der Waals surface area contributed by atoms with E-state index in [1.54, 1.807) is 6.92 Å². The quantitative estimate of drug-likeness (QED) is 0.406. The maximum Gasteiger partial charge on any atom is 0.351 e. The first-order chi connectivity index (χ1) is 6.70. The van der Waals surface area contributed by atoms with Gasteiger partial charge in [0.1, 0.15) is 0 Å². The van der Waals surface area contributed by atoms with E-state index in [4.69, 9.17) is 10.6 Å². The Kier molecular flexibility index (Phi) is 2.56. The van der Waals surface area contributed by atoms with E-state index in [2.05, 4.69) is 4.84 Å². The molecule has 1 heterocycles. The van der Waals surface area contributed by atoms with Crippen LogP contribution in [0.5, 0.6) is 0 Å².